The van der Waals surface area contributed by atoms with E-state index in [-0.39, 0.29) is 18.3 Å². The molecular weight excluding hydrogens is 368 g/mol. The number of fused-ring (bicyclic) bond motifs is 2. The van der Waals surface area contributed by atoms with Gasteiger partial charge in [-0.2, -0.15) is 0 Å². The largest absolute Gasteiger partial charge is 0.454 e. The Morgan fingerprint density at radius 3 is 2.83 bits per heavy atom. The molecule has 0 unspecified atom stereocenters. The van der Waals surface area contributed by atoms with E-state index in [1.807, 2.05) is 36.4 Å². The number of anilines is 1. The number of Topliss-reactive ketones (excluding diaryl/α,β-unsaturated/α-hetero) is 1. The lowest BCUT2D eigenvalue weighted by atomic mass is 9.99. The minimum absolute atomic E-state index is 0.0294. The number of pyridine rings is 1. The lowest BCUT2D eigenvalue weighted by Crippen LogP contribution is -2.20. The summed E-state index contributed by atoms with van der Waals surface area (Å²) in [5.74, 6) is -0.938. The Labute approximate surface area is 167 Å². The number of carbonyl (C=O) groups is 3. The van der Waals surface area contributed by atoms with Crippen LogP contribution in [-0.4, -0.2) is 29.3 Å². The molecular formula is C23H18N2O4. The molecule has 2 aromatic carbocycles. The van der Waals surface area contributed by atoms with E-state index in [1.165, 1.54) is 6.08 Å². The number of aromatic nitrogens is 1. The fourth-order valence-electron chi connectivity index (χ4n) is 3.15. The van der Waals surface area contributed by atoms with Crippen LogP contribution in [-0.2, 0) is 20.7 Å². The first-order chi connectivity index (χ1) is 14.1. The van der Waals surface area contributed by atoms with E-state index in [0.29, 0.717) is 24.1 Å². The van der Waals surface area contributed by atoms with E-state index in [0.717, 1.165) is 22.2 Å². The highest BCUT2D eigenvalue weighted by Crippen LogP contribution is 2.23. The Morgan fingerprint density at radius 2 is 1.93 bits per heavy atom. The van der Waals surface area contributed by atoms with Crippen molar-refractivity contribution in [2.45, 2.75) is 12.8 Å². The molecule has 0 atom stereocenters. The molecule has 1 aromatic heterocycles. The molecule has 144 valence electrons. The highest BCUT2D eigenvalue weighted by Gasteiger charge is 2.17. The van der Waals surface area contributed by atoms with Crippen molar-refractivity contribution in [1.29, 1.82) is 0 Å². The molecule has 6 heteroatoms. The smallest absolute Gasteiger partial charge is 0.331 e. The lowest BCUT2D eigenvalue weighted by Gasteiger charge is -2.17. The average Bonchev–Trinajstić information content (AvgIpc) is 2.75. The molecule has 4 rings (SSSR count). The maximum Gasteiger partial charge on any atom is 0.331 e. The van der Waals surface area contributed by atoms with Crippen LogP contribution in [0.25, 0.3) is 17.0 Å². The Balaban J connectivity index is 1.35. The molecule has 0 bridgehead atoms. The van der Waals surface area contributed by atoms with Crippen molar-refractivity contribution in [2.75, 3.05) is 11.9 Å². The Hall–Kier alpha value is -3.80. The van der Waals surface area contributed by atoms with E-state index in [1.54, 1.807) is 24.3 Å². The number of amides is 1. The second kappa shape index (κ2) is 8.06. The maximum atomic E-state index is 12.3. The van der Waals surface area contributed by atoms with Gasteiger partial charge in [0, 0.05) is 29.1 Å². The molecule has 3 aromatic rings. The zero-order valence-electron chi connectivity index (χ0n) is 15.6. The third-order valence-electron chi connectivity index (χ3n) is 4.68. The number of nitrogens with one attached hydrogen (secondary N) is 1. The van der Waals surface area contributed by atoms with Crippen LogP contribution in [0.4, 0.5) is 5.69 Å². The number of nitrogens with zero attached hydrogens (tertiary/aromatic N) is 1. The first-order valence-electron chi connectivity index (χ1n) is 9.25. The lowest BCUT2D eigenvalue weighted by molar-refractivity contribution is -0.136. The van der Waals surface area contributed by atoms with Gasteiger partial charge in [0.15, 0.2) is 12.4 Å². The predicted octanol–water partition coefficient (Wildman–Crippen LogP) is 3.56. The van der Waals surface area contributed by atoms with Gasteiger partial charge in [-0.15, -0.1) is 0 Å². The molecule has 1 aliphatic heterocycles. The minimum atomic E-state index is -0.612. The van der Waals surface area contributed by atoms with Crippen molar-refractivity contribution in [1.82, 2.24) is 4.98 Å². The van der Waals surface area contributed by atoms with Crippen LogP contribution in [0.3, 0.4) is 0 Å². The summed E-state index contributed by atoms with van der Waals surface area (Å²) in [7, 11) is 0. The van der Waals surface area contributed by atoms with Crippen molar-refractivity contribution in [3.63, 3.8) is 0 Å². The second-order valence-corrected chi connectivity index (χ2v) is 6.71. The topological polar surface area (TPSA) is 85.4 Å². The van der Waals surface area contributed by atoms with Crippen LogP contribution in [0.2, 0.25) is 0 Å². The highest BCUT2D eigenvalue weighted by molar-refractivity contribution is 6.00. The number of para-hydroxylation sites is 1. The number of benzene rings is 2. The molecule has 0 radical (unpaired) electrons. The summed E-state index contributed by atoms with van der Waals surface area (Å²) in [4.78, 5) is 40.1. The van der Waals surface area contributed by atoms with E-state index in [4.69, 9.17) is 4.74 Å². The van der Waals surface area contributed by atoms with Gasteiger partial charge in [0.25, 0.3) is 0 Å². The van der Waals surface area contributed by atoms with Crippen LogP contribution in [0.1, 0.15) is 28.0 Å². The van der Waals surface area contributed by atoms with E-state index in [9.17, 15) is 14.4 Å². The summed E-state index contributed by atoms with van der Waals surface area (Å²) in [6, 6.07) is 16.5. The number of carbonyl (C=O) groups excluding carboxylic acids is 3. The number of aryl methyl sites for hydroxylation is 1. The van der Waals surface area contributed by atoms with E-state index in [2.05, 4.69) is 10.3 Å². The first kappa shape index (κ1) is 18.6. The van der Waals surface area contributed by atoms with Gasteiger partial charge in [0.2, 0.25) is 5.91 Å². The summed E-state index contributed by atoms with van der Waals surface area (Å²) in [5, 5.41) is 3.79. The normalized spacial score (nSPS) is 13.2. The standard InChI is InChI=1S/C23H18N2O4/c26-21(17-6-10-20-16(13-17)7-11-22(27)25-20)14-29-23(28)12-9-18-8-5-15-3-1-2-4-19(15)24-18/h1-6,8-10,12-13H,7,11,14H2,(H,25,27)/b12-9+. The van der Waals surface area contributed by atoms with Crippen LogP contribution in [0, 0.1) is 0 Å². The fraction of sp³-hybridized carbons (Fsp3) is 0.130. The summed E-state index contributed by atoms with van der Waals surface area (Å²) >= 11 is 0. The summed E-state index contributed by atoms with van der Waals surface area (Å²) in [6.45, 7) is -0.348. The monoisotopic (exact) mass is 386 g/mol. The van der Waals surface area contributed by atoms with Crippen molar-refractivity contribution in [2.24, 2.45) is 0 Å². The summed E-state index contributed by atoms with van der Waals surface area (Å²) in [6.07, 6.45) is 3.80. The molecule has 0 saturated carbocycles. The van der Waals surface area contributed by atoms with Gasteiger partial charge in [-0.3, -0.25) is 9.59 Å². The zero-order valence-corrected chi connectivity index (χ0v) is 15.6. The molecule has 0 fully saturated rings. The van der Waals surface area contributed by atoms with Crippen LogP contribution in [0.15, 0.2) is 60.7 Å². The van der Waals surface area contributed by atoms with Crippen molar-refractivity contribution in [3.8, 4) is 0 Å². The predicted molar refractivity (Wildman–Crippen MR) is 109 cm³/mol. The van der Waals surface area contributed by atoms with Crippen molar-refractivity contribution < 1.29 is 19.1 Å². The zero-order chi connectivity index (χ0) is 20.2. The van der Waals surface area contributed by atoms with Crippen molar-refractivity contribution in [3.05, 3.63) is 77.5 Å². The molecule has 0 saturated heterocycles. The van der Waals surface area contributed by atoms with Gasteiger partial charge in [0.1, 0.15) is 0 Å². The first-order valence-corrected chi connectivity index (χ1v) is 9.25. The number of hydrogen-bond acceptors (Lipinski definition) is 5. The summed E-state index contributed by atoms with van der Waals surface area (Å²) in [5.41, 5.74) is 3.54. The second-order valence-electron chi connectivity index (χ2n) is 6.71. The third kappa shape index (κ3) is 4.38. The van der Waals surface area contributed by atoms with Gasteiger partial charge in [-0.05, 0) is 48.4 Å². The van der Waals surface area contributed by atoms with Gasteiger partial charge >= 0.3 is 5.97 Å². The summed E-state index contributed by atoms with van der Waals surface area (Å²) < 4.78 is 5.06. The Kier molecular flexibility index (Phi) is 5.16. The molecule has 1 aliphatic rings. The Morgan fingerprint density at radius 1 is 1.07 bits per heavy atom. The van der Waals surface area contributed by atoms with Gasteiger partial charge in [0.05, 0.1) is 11.2 Å². The van der Waals surface area contributed by atoms with E-state index < -0.39 is 5.97 Å². The maximum absolute atomic E-state index is 12.3. The SMILES string of the molecule is O=C1CCc2cc(C(=O)COC(=O)/C=C/c3ccc4ccccc4n3)ccc2N1. The molecule has 2 heterocycles. The van der Waals surface area contributed by atoms with Crippen molar-refractivity contribution >= 4 is 40.3 Å². The fourth-order valence-corrected chi connectivity index (χ4v) is 3.15. The van der Waals surface area contributed by atoms with Gasteiger partial charge in [-0.1, -0.05) is 24.3 Å². The molecule has 0 spiro atoms. The Bertz CT molecular complexity index is 1150. The number of ether oxygens (including phenoxy) is 1. The number of rotatable bonds is 5. The van der Waals surface area contributed by atoms with Gasteiger partial charge < -0.3 is 10.1 Å². The van der Waals surface area contributed by atoms with E-state index >= 15 is 0 Å². The van der Waals surface area contributed by atoms with Crippen LogP contribution >= 0.6 is 0 Å². The van der Waals surface area contributed by atoms with Crippen LogP contribution in [0.5, 0.6) is 0 Å². The number of ketones is 1. The number of hydrogen-bond donors (Lipinski definition) is 1. The third-order valence-corrected chi connectivity index (χ3v) is 4.68. The highest BCUT2D eigenvalue weighted by atomic mass is 16.5. The average molecular weight is 386 g/mol. The quantitative estimate of drug-likeness (QED) is 0.412. The van der Waals surface area contributed by atoms with Gasteiger partial charge in [-0.25, -0.2) is 9.78 Å². The molecule has 6 nitrogen and oxygen atoms in total. The molecule has 29 heavy (non-hydrogen) atoms. The molecule has 1 N–H and O–H groups in total. The number of esters is 1. The minimum Gasteiger partial charge on any atom is -0.454 e. The van der Waals surface area contributed by atoms with Crippen LogP contribution < -0.4 is 5.32 Å². The molecule has 0 aliphatic carbocycles. The molecule has 1 amide bonds.